The Morgan fingerprint density at radius 2 is 1.63 bits per heavy atom. The number of hydrogen-bond acceptors (Lipinski definition) is 5. The fourth-order valence-electron chi connectivity index (χ4n) is 2.34. The molecule has 0 aromatic carbocycles. The highest BCUT2D eigenvalue weighted by Crippen LogP contribution is 2.25. The van der Waals surface area contributed by atoms with Gasteiger partial charge in [-0.05, 0) is 25.9 Å². The summed E-state index contributed by atoms with van der Waals surface area (Å²) in [5, 5.41) is 3.25. The van der Waals surface area contributed by atoms with Crippen molar-refractivity contribution in [2.24, 2.45) is 0 Å². The number of amides is 1. The number of methoxy groups -OCH3 is 3. The minimum Gasteiger partial charge on any atom is -0.383 e. The summed E-state index contributed by atoms with van der Waals surface area (Å²) in [6, 6.07) is 0. The van der Waals surface area contributed by atoms with Gasteiger partial charge in [-0.15, -0.1) is 0 Å². The van der Waals surface area contributed by atoms with Gasteiger partial charge in [-0.3, -0.25) is 4.79 Å². The van der Waals surface area contributed by atoms with Crippen LogP contribution in [0.15, 0.2) is 0 Å². The van der Waals surface area contributed by atoms with Gasteiger partial charge in [0.25, 0.3) is 5.91 Å². The molecule has 1 heterocycles. The first-order chi connectivity index (χ1) is 9.20. The molecule has 1 saturated heterocycles. The van der Waals surface area contributed by atoms with E-state index < -0.39 is 5.60 Å². The zero-order valence-electron chi connectivity index (χ0n) is 12.2. The summed E-state index contributed by atoms with van der Waals surface area (Å²) in [7, 11) is 4.89. The second kappa shape index (κ2) is 8.47. The molecule has 0 aromatic heterocycles. The van der Waals surface area contributed by atoms with Crippen LogP contribution in [-0.2, 0) is 19.0 Å². The molecule has 19 heavy (non-hydrogen) atoms. The van der Waals surface area contributed by atoms with Crippen molar-refractivity contribution < 1.29 is 19.0 Å². The maximum absolute atomic E-state index is 12.7. The number of nitrogens with one attached hydrogen (secondary N) is 1. The first kappa shape index (κ1) is 16.4. The summed E-state index contributed by atoms with van der Waals surface area (Å²) in [5.74, 6) is 0.0469. The lowest BCUT2D eigenvalue weighted by molar-refractivity contribution is -0.159. The Morgan fingerprint density at radius 1 is 1.11 bits per heavy atom. The molecule has 0 radical (unpaired) electrons. The molecule has 6 nitrogen and oxygen atoms in total. The molecular weight excluding hydrogens is 248 g/mol. The van der Waals surface area contributed by atoms with Crippen LogP contribution in [-0.4, -0.2) is 77.1 Å². The van der Waals surface area contributed by atoms with Crippen molar-refractivity contribution in [2.45, 2.75) is 18.4 Å². The Kier molecular flexibility index (Phi) is 7.30. The smallest absolute Gasteiger partial charge is 0.255 e. The molecule has 0 aromatic rings. The molecule has 1 amide bonds. The topological polar surface area (TPSA) is 60.0 Å². The second-order valence-corrected chi connectivity index (χ2v) is 4.73. The molecule has 1 fully saturated rings. The third kappa shape index (κ3) is 4.42. The molecule has 1 rings (SSSR count). The molecule has 0 spiro atoms. The van der Waals surface area contributed by atoms with E-state index in [1.807, 2.05) is 0 Å². The number of ether oxygens (including phenoxy) is 3. The van der Waals surface area contributed by atoms with Crippen LogP contribution in [0.25, 0.3) is 0 Å². The minimum absolute atomic E-state index is 0.0469. The Hall–Kier alpha value is -0.690. The lowest BCUT2D eigenvalue weighted by Gasteiger charge is -2.38. The van der Waals surface area contributed by atoms with Crippen molar-refractivity contribution in [3.05, 3.63) is 0 Å². The summed E-state index contributed by atoms with van der Waals surface area (Å²) < 4.78 is 15.7. The van der Waals surface area contributed by atoms with Crippen LogP contribution in [0.1, 0.15) is 12.8 Å². The lowest BCUT2D eigenvalue weighted by atomic mass is 9.90. The van der Waals surface area contributed by atoms with Crippen molar-refractivity contribution in [2.75, 3.05) is 60.7 Å². The first-order valence-electron chi connectivity index (χ1n) is 6.73. The van der Waals surface area contributed by atoms with Crippen LogP contribution in [0.3, 0.4) is 0 Å². The quantitative estimate of drug-likeness (QED) is 0.668. The van der Waals surface area contributed by atoms with Crippen molar-refractivity contribution in [3.63, 3.8) is 0 Å². The highest BCUT2D eigenvalue weighted by atomic mass is 16.5. The van der Waals surface area contributed by atoms with E-state index in [1.165, 1.54) is 0 Å². The van der Waals surface area contributed by atoms with E-state index in [0.717, 1.165) is 13.1 Å². The first-order valence-corrected chi connectivity index (χ1v) is 6.73. The number of piperidine rings is 1. The zero-order valence-corrected chi connectivity index (χ0v) is 12.2. The average molecular weight is 274 g/mol. The lowest BCUT2D eigenvalue weighted by Crippen LogP contribution is -2.56. The van der Waals surface area contributed by atoms with Gasteiger partial charge in [-0.25, -0.2) is 0 Å². The third-order valence-corrected chi connectivity index (χ3v) is 3.61. The van der Waals surface area contributed by atoms with Gasteiger partial charge in [0.1, 0.15) is 5.60 Å². The Labute approximate surface area is 115 Å². The third-order valence-electron chi connectivity index (χ3n) is 3.61. The van der Waals surface area contributed by atoms with Crippen LogP contribution in [0.2, 0.25) is 0 Å². The van der Waals surface area contributed by atoms with E-state index in [2.05, 4.69) is 5.32 Å². The largest absolute Gasteiger partial charge is 0.383 e. The zero-order chi connectivity index (χ0) is 14.1. The van der Waals surface area contributed by atoms with Gasteiger partial charge in [0.05, 0.1) is 13.2 Å². The minimum atomic E-state index is -0.688. The molecule has 6 heteroatoms. The van der Waals surface area contributed by atoms with E-state index >= 15 is 0 Å². The Balaban J connectivity index is 2.70. The van der Waals surface area contributed by atoms with Crippen LogP contribution in [0.4, 0.5) is 0 Å². The van der Waals surface area contributed by atoms with Gasteiger partial charge in [0.2, 0.25) is 0 Å². The van der Waals surface area contributed by atoms with E-state index in [0.29, 0.717) is 39.1 Å². The van der Waals surface area contributed by atoms with Crippen molar-refractivity contribution in [1.29, 1.82) is 0 Å². The van der Waals surface area contributed by atoms with E-state index in [-0.39, 0.29) is 5.91 Å². The Bertz CT molecular complexity index is 259. The fraction of sp³-hybridized carbons (Fsp3) is 0.923. The molecule has 1 aliphatic rings. The van der Waals surface area contributed by atoms with Gasteiger partial charge >= 0.3 is 0 Å². The SMILES string of the molecule is COCCN(CCOC)C(=O)C1(OC)CCNCC1. The maximum Gasteiger partial charge on any atom is 0.255 e. The number of nitrogens with zero attached hydrogens (tertiary/aromatic N) is 1. The fourth-order valence-corrected chi connectivity index (χ4v) is 2.34. The number of hydrogen-bond donors (Lipinski definition) is 1. The summed E-state index contributed by atoms with van der Waals surface area (Å²) >= 11 is 0. The molecular formula is C13H26N2O4. The van der Waals surface area contributed by atoms with Gasteiger partial charge in [0, 0.05) is 34.4 Å². The van der Waals surface area contributed by atoms with E-state index in [9.17, 15) is 4.79 Å². The van der Waals surface area contributed by atoms with E-state index in [4.69, 9.17) is 14.2 Å². The van der Waals surface area contributed by atoms with Crippen molar-refractivity contribution in [3.8, 4) is 0 Å². The van der Waals surface area contributed by atoms with E-state index in [1.54, 1.807) is 26.2 Å². The summed E-state index contributed by atoms with van der Waals surface area (Å²) in [4.78, 5) is 14.5. The predicted octanol–water partition coefficient (Wildman–Crippen LogP) is -0.124. The summed E-state index contributed by atoms with van der Waals surface area (Å²) in [6.07, 6.45) is 1.41. The molecule has 0 bridgehead atoms. The second-order valence-electron chi connectivity index (χ2n) is 4.73. The van der Waals surface area contributed by atoms with Crippen LogP contribution in [0, 0.1) is 0 Å². The van der Waals surface area contributed by atoms with Gasteiger partial charge < -0.3 is 24.4 Å². The van der Waals surface area contributed by atoms with Gasteiger partial charge in [-0.1, -0.05) is 0 Å². The maximum atomic E-state index is 12.7. The number of rotatable bonds is 8. The van der Waals surface area contributed by atoms with Crippen molar-refractivity contribution >= 4 is 5.91 Å². The highest BCUT2D eigenvalue weighted by Gasteiger charge is 2.42. The number of carbonyl (C=O) groups excluding carboxylic acids is 1. The highest BCUT2D eigenvalue weighted by molar-refractivity contribution is 5.85. The van der Waals surface area contributed by atoms with Crippen LogP contribution < -0.4 is 5.32 Å². The summed E-state index contributed by atoms with van der Waals surface area (Å²) in [5.41, 5.74) is -0.688. The molecule has 1 N–H and O–H groups in total. The molecule has 0 unspecified atom stereocenters. The number of carbonyl (C=O) groups is 1. The predicted molar refractivity (Wildman–Crippen MR) is 72.2 cm³/mol. The molecule has 0 atom stereocenters. The standard InChI is InChI=1S/C13H26N2O4/c1-17-10-8-15(9-11-18-2)12(16)13(19-3)4-6-14-7-5-13/h14H,4-11H2,1-3H3. The van der Waals surface area contributed by atoms with Gasteiger partial charge in [-0.2, -0.15) is 0 Å². The monoisotopic (exact) mass is 274 g/mol. The average Bonchev–Trinajstić information content (AvgIpc) is 2.47. The Morgan fingerprint density at radius 3 is 2.05 bits per heavy atom. The van der Waals surface area contributed by atoms with Gasteiger partial charge in [0.15, 0.2) is 0 Å². The van der Waals surface area contributed by atoms with Crippen LogP contribution in [0.5, 0.6) is 0 Å². The molecule has 1 aliphatic heterocycles. The molecule has 0 saturated carbocycles. The van der Waals surface area contributed by atoms with Crippen molar-refractivity contribution in [1.82, 2.24) is 10.2 Å². The van der Waals surface area contributed by atoms with Crippen LogP contribution >= 0.6 is 0 Å². The molecule has 112 valence electrons. The molecule has 0 aliphatic carbocycles. The summed E-state index contributed by atoms with van der Waals surface area (Å²) in [6.45, 7) is 3.79. The normalized spacial score (nSPS) is 18.3.